The fourth-order valence-corrected chi connectivity index (χ4v) is 1.96. The SMILES string of the molecule is NN1C[C@@H]2CCC1C2. The van der Waals surface area contributed by atoms with Crippen molar-refractivity contribution in [3.8, 4) is 0 Å². The van der Waals surface area contributed by atoms with Crippen LogP contribution in [0.3, 0.4) is 0 Å². The van der Waals surface area contributed by atoms with Crippen molar-refractivity contribution in [2.45, 2.75) is 25.3 Å². The van der Waals surface area contributed by atoms with Gasteiger partial charge in [-0.2, -0.15) is 0 Å². The van der Waals surface area contributed by atoms with Crippen LogP contribution in [0.15, 0.2) is 0 Å². The lowest BCUT2D eigenvalue weighted by Crippen LogP contribution is -2.37. The van der Waals surface area contributed by atoms with E-state index in [1.54, 1.807) is 0 Å². The second-order valence-corrected chi connectivity index (χ2v) is 3.03. The maximum Gasteiger partial charge on any atom is 0.0244 e. The van der Waals surface area contributed by atoms with Crippen LogP contribution in [0.4, 0.5) is 0 Å². The van der Waals surface area contributed by atoms with Crippen LogP contribution >= 0.6 is 0 Å². The predicted octanol–water partition coefficient (Wildman–Crippen LogP) is 0.344. The summed E-state index contributed by atoms with van der Waals surface area (Å²) in [6, 6.07) is 0.750. The number of hydrogen-bond donors (Lipinski definition) is 1. The molecular formula is C6H12N2. The molecule has 1 saturated carbocycles. The Hall–Kier alpha value is -0.0800. The van der Waals surface area contributed by atoms with Crippen LogP contribution < -0.4 is 5.84 Å². The molecular weight excluding hydrogens is 100 g/mol. The van der Waals surface area contributed by atoms with Crippen LogP contribution in [0.25, 0.3) is 0 Å². The predicted molar refractivity (Wildman–Crippen MR) is 32.0 cm³/mol. The molecule has 0 aromatic heterocycles. The molecule has 8 heavy (non-hydrogen) atoms. The van der Waals surface area contributed by atoms with E-state index >= 15 is 0 Å². The summed E-state index contributed by atoms with van der Waals surface area (Å²) in [5.74, 6) is 6.60. The highest BCUT2D eigenvalue weighted by Gasteiger charge is 2.35. The summed E-state index contributed by atoms with van der Waals surface area (Å²) in [6.45, 7) is 1.16. The van der Waals surface area contributed by atoms with Gasteiger partial charge in [0.25, 0.3) is 0 Å². The Bertz CT molecular complexity index is 101. The third-order valence-electron chi connectivity index (χ3n) is 2.45. The summed E-state index contributed by atoms with van der Waals surface area (Å²) in [4.78, 5) is 0. The molecule has 2 N–H and O–H groups in total. The van der Waals surface area contributed by atoms with Crippen molar-refractivity contribution in [2.24, 2.45) is 11.8 Å². The number of hydrazine groups is 1. The third-order valence-corrected chi connectivity index (χ3v) is 2.45. The number of nitrogens with zero attached hydrogens (tertiary/aromatic N) is 1. The van der Waals surface area contributed by atoms with Gasteiger partial charge in [-0.15, -0.1) is 0 Å². The Kier molecular flexibility index (Phi) is 0.866. The lowest BCUT2D eigenvalue weighted by molar-refractivity contribution is 0.219. The topological polar surface area (TPSA) is 29.3 Å². The third kappa shape index (κ3) is 0.501. The fraction of sp³-hybridized carbons (Fsp3) is 1.00. The van der Waals surface area contributed by atoms with Crippen LogP contribution in [0.1, 0.15) is 19.3 Å². The van der Waals surface area contributed by atoms with Gasteiger partial charge in [-0.1, -0.05) is 0 Å². The van der Waals surface area contributed by atoms with Crippen molar-refractivity contribution in [2.75, 3.05) is 6.54 Å². The van der Waals surface area contributed by atoms with Gasteiger partial charge in [0, 0.05) is 12.6 Å². The summed E-state index contributed by atoms with van der Waals surface area (Å²) < 4.78 is 0. The van der Waals surface area contributed by atoms with Crippen molar-refractivity contribution >= 4 is 0 Å². The zero-order valence-electron chi connectivity index (χ0n) is 5.01. The molecule has 2 rings (SSSR count). The first-order chi connectivity index (χ1) is 3.86. The Morgan fingerprint density at radius 2 is 2.25 bits per heavy atom. The number of fused-ring (bicyclic) bond motifs is 2. The molecule has 0 radical (unpaired) electrons. The van der Waals surface area contributed by atoms with Gasteiger partial charge < -0.3 is 0 Å². The van der Waals surface area contributed by atoms with E-state index in [9.17, 15) is 0 Å². The Labute approximate surface area is 49.6 Å². The van der Waals surface area contributed by atoms with Crippen molar-refractivity contribution < 1.29 is 0 Å². The average molecular weight is 112 g/mol. The Morgan fingerprint density at radius 1 is 1.38 bits per heavy atom. The van der Waals surface area contributed by atoms with Gasteiger partial charge in [0.15, 0.2) is 0 Å². The molecule has 46 valence electrons. The summed E-state index contributed by atoms with van der Waals surface area (Å²) in [5.41, 5.74) is 0. The number of rotatable bonds is 0. The molecule has 0 spiro atoms. The van der Waals surface area contributed by atoms with E-state index < -0.39 is 0 Å². The van der Waals surface area contributed by atoms with Gasteiger partial charge >= 0.3 is 0 Å². The second kappa shape index (κ2) is 1.45. The summed E-state index contributed by atoms with van der Waals surface area (Å²) in [7, 11) is 0. The standard InChI is InChI=1S/C6H12N2/c7-8-4-5-1-2-6(8)3-5/h5-6H,1-4,7H2/t5-,6?/m1/s1. The molecule has 2 bridgehead atoms. The number of piperidine rings is 1. The number of nitrogens with two attached hydrogens (primary N) is 1. The Balaban J connectivity index is 2.11. The van der Waals surface area contributed by atoms with Crippen molar-refractivity contribution in [1.29, 1.82) is 0 Å². The van der Waals surface area contributed by atoms with Crippen LogP contribution in [-0.4, -0.2) is 17.6 Å². The van der Waals surface area contributed by atoms with Crippen LogP contribution in [0.2, 0.25) is 0 Å². The van der Waals surface area contributed by atoms with Gasteiger partial charge in [-0.25, -0.2) is 5.01 Å². The van der Waals surface area contributed by atoms with E-state index in [-0.39, 0.29) is 0 Å². The molecule has 1 aliphatic carbocycles. The zero-order chi connectivity index (χ0) is 5.56. The molecule has 2 heteroatoms. The van der Waals surface area contributed by atoms with E-state index in [4.69, 9.17) is 5.84 Å². The van der Waals surface area contributed by atoms with Crippen molar-refractivity contribution in [1.82, 2.24) is 5.01 Å². The van der Waals surface area contributed by atoms with E-state index in [0.717, 1.165) is 18.5 Å². The first-order valence-corrected chi connectivity index (χ1v) is 3.37. The normalized spacial score (nSPS) is 46.1. The van der Waals surface area contributed by atoms with Gasteiger partial charge in [-0.05, 0) is 25.2 Å². The fourth-order valence-electron chi connectivity index (χ4n) is 1.96. The second-order valence-electron chi connectivity index (χ2n) is 3.03. The van der Waals surface area contributed by atoms with Gasteiger partial charge in [0.05, 0.1) is 0 Å². The quantitative estimate of drug-likeness (QED) is 0.458. The summed E-state index contributed by atoms with van der Waals surface area (Å²) >= 11 is 0. The largest absolute Gasteiger partial charge is 0.269 e. The molecule has 0 aromatic carbocycles. The van der Waals surface area contributed by atoms with Gasteiger partial charge in [0.1, 0.15) is 0 Å². The van der Waals surface area contributed by atoms with E-state index in [0.29, 0.717) is 0 Å². The molecule has 2 aliphatic rings. The van der Waals surface area contributed by atoms with Crippen LogP contribution in [0, 0.1) is 5.92 Å². The van der Waals surface area contributed by atoms with Gasteiger partial charge in [0.2, 0.25) is 0 Å². The molecule has 1 unspecified atom stereocenters. The first-order valence-electron chi connectivity index (χ1n) is 3.37. The lowest BCUT2D eigenvalue weighted by Gasteiger charge is -2.20. The van der Waals surface area contributed by atoms with E-state index in [2.05, 4.69) is 0 Å². The molecule has 0 amide bonds. The first kappa shape index (κ1) is 4.77. The van der Waals surface area contributed by atoms with E-state index in [1.165, 1.54) is 19.3 Å². The maximum absolute atomic E-state index is 5.65. The highest BCUT2D eigenvalue weighted by molar-refractivity contribution is 4.89. The summed E-state index contributed by atoms with van der Waals surface area (Å²) in [6.07, 6.45) is 4.15. The molecule has 1 saturated heterocycles. The van der Waals surface area contributed by atoms with Crippen molar-refractivity contribution in [3.63, 3.8) is 0 Å². The lowest BCUT2D eigenvalue weighted by atomic mass is 10.1. The van der Waals surface area contributed by atoms with E-state index in [1.807, 2.05) is 5.01 Å². The minimum Gasteiger partial charge on any atom is -0.269 e. The summed E-state index contributed by atoms with van der Waals surface area (Å²) in [5, 5.41) is 2.01. The molecule has 2 fully saturated rings. The van der Waals surface area contributed by atoms with Gasteiger partial charge in [-0.3, -0.25) is 5.84 Å². The molecule has 0 aromatic rings. The monoisotopic (exact) mass is 112 g/mol. The van der Waals surface area contributed by atoms with Crippen LogP contribution in [-0.2, 0) is 0 Å². The minimum absolute atomic E-state index is 0.750. The van der Waals surface area contributed by atoms with Crippen molar-refractivity contribution in [3.05, 3.63) is 0 Å². The highest BCUT2D eigenvalue weighted by Crippen LogP contribution is 2.34. The average Bonchev–Trinajstić information content (AvgIpc) is 2.23. The molecule has 1 aliphatic heterocycles. The molecule has 2 nitrogen and oxygen atoms in total. The highest BCUT2D eigenvalue weighted by atomic mass is 15.4. The van der Waals surface area contributed by atoms with Crippen LogP contribution in [0.5, 0.6) is 0 Å². The maximum atomic E-state index is 5.65. The molecule has 2 atom stereocenters. The zero-order valence-corrected chi connectivity index (χ0v) is 5.01. The molecule has 1 heterocycles. The smallest absolute Gasteiger partial charge is 0.0244 e. The Morgan fingerprint density at radius 3 is 2.50 bits per heavy atom. The minimum atomic E-state index is 0.750. The number of hydrogen-bond acceptors (Lipinski definition) is 2.